The maximum Gasteiger partial charge on any atom is 0.335 e. The summed E-state index contributed by atoms with van der Waals surface area (Å²) in [6.07, 6.45) is 2.25. The first-order valence-corrected chi connectivity index (χ1v) is 8.97. The molecule has 0 aliphatic carbocycles. The summed E-state index contributed by atoms with van der Waals surface area (Å²) in [4.78, 5) is 22.9. The number of benzene rings is 1. The molecule has 1 aliphatic heterocycles. The lowest BCUT2D eigenvalue weighted by Crippen LogP contribution is -2.36. The van der Waals surface area contributed by atoms with Crippen molar-refractivity contribution in [2.24, 2.45) is 0 Å². The Kier molecular flexibility index (Phi) is 5.96. The van der Waals surface area contributed by atoms with Crippen LogP contribution in [0.2, 0.25) is 0 Å². The second-order valence-electron chi connectivity index (χ2n) is 6.74. The van der Waals surface area contributed by atoms with Gasteiger partial charge in [-0.25, -0.2) is 14.8 Å². The molecular weight excluding hydrogens is 330 g/mol. The number of piperidine rings is 1. The van der Waals surface area contributed by atoms with Gasteiger partial charge < -0.3 is 14.7 Å². The lowest BCUT2D eigenvalue weighted by molar-refractivity contribution is 0.0697. The molecule has 6 heteroatoms. The van der Waals surface area contributed by atoms with E-state index in [1.807, 2.05) is 19.1 Å². The minimum Gasteiger partial charge on any atom is -0.478 e. The third-order valence-corrected chi connectivity index (χ3v) is 4.80. The Morgan fingerprint density at radius 2 is 2.19 bits per heavy atom. The van der Waals surface area contributed by atoms with Crippen LogP contribution in [0.25, 0.3) is 11.3 Å². The number of ether oxygens (including phenoxy) is 1. The van der Waals surface area contributed by atoms with Crippen LogP contribution in [0.3, 0.4) is 0 Å². The van der Waals surface area contributed by atoms with Gasteiger partial charge in [0.25, 0.3) is 0 Å². The van der Waals surface area contributed by atoms with Crippen molar-refractivity contribution in [2.75, 3.05) is 33.4 Å². The van der Waals surface area contributed by atoms with Crippen LogP contribution in [-0.4, -0.2) is 59.3 Å². The number of hydrogen-bond acceptors (Lipinski definition) is 5. The first kappa shape index (κ1) is 18.5. The number of aromatic nitrogens is 2. The monoisotopic (exact) mass is 355 g/mol. The molecule has 1 N–H and O–H groups in total. The molecule has 1 saturated heterocycles. The van der Waals surface area contributed by atoms with Crippen molar-refractivity contribution in [1.82, 2.24) is 14.9 Å². The van der Waals surface area contributed by atoms with Crippen LogP contribution < -0.4 is 0 Å². The lowest BCUT2D eigenvalue weighted by atomic mass is 9.93. The molecule has 0 saturated carbocycles. The molecule has 1 aliphatic rings. The molecule has 1 aromatic carbocycles. The Bertz CT molecular complexity index is 779. The van der Waals surface area contributed by atoms with Crippen molar-refractivity contribution < 1.29 is 14.6 Å². The van der Waals surface area contributed by atoms with Crippen LogP contribution in [-0.2, 0) is 4.74 Å². The van der Waals surface area contributed by atoms with E-state index in [2.05, 4.69) is 14.9 Å². The van der Waals surface area contributed by atoms with Gasteiger partial charge in [0.05, 0.1) is 17.9 Å². The van der Waals surface area contributed by atoms with Gasteiger partial charge in [0.1, 0.15) is 5.82 Å². The van der Waals surface area contributed by atoms with E-state index in [0.717, 1.165) is 56.0 Å². The van der Waals surface area contributed by atoms with Crippen LogP contribution in [0, 0.1) is 6.92 Å². The highest BCUT2D eigenvalue weighted by Gasteiger charge is 2.23. The summed E-state index contributed by atoms with van der Waals surface area (Å²) in [6.45, 7) is 5.62. The Morgan fingerprint density at radius 3 is 2.96 bits per heavy atom. The third-order valence-electron chi connectivity index (χ3n) is 4.80. The summed E-state index contributed by atoms with van der Waals surface area (Å²) in [5, 5.41) is 9.22. The number of hydrogen-bond donors (Lipinski definition) is 1. The Hall–Kier alpha value is -2.31. The molecule has 0 bridgehead atoms. The number of aryl methyl sites for hydroxylation is 1. The second-order valence-corrected chi connectivity index (χ2v) is 6.74. The Balaban J connectivity index is 1.86. The van der Waals surface area contributed by atoms with Crippen molar-refractivity contribution in [3.05, 3.63) is 47.4 Å². The fourth-order valence-corrected chi connectivity index (χ4v) is 3.48. The van der Waals surface area contributed by atoms with Gasteiger partial charge in [-0.2, -0.15) is 0 Å². The van der Waals surface area contributed by atoms with Gasteiger partial charge in [-0.3, -0.25) is 0 Å². The van der Waals surface area contributed by atoms with Crippen LogP contribution in [0.5, 0.6) is 0 Å². The maximum absolute atomic E-state index is 11.2. The van der Waals surface area contributed by atoms with E-state index < -0.39 is 5.97 Å². The maximum atomic E-state index is 11.2. The molecule has 6 nitrogen and oxygen atoms in total. The fourth-order valence-electron chi connectivity index (χ4n) is 3.48. The SMILES string of the molecule is COCCN1CCC[C@@H](c2cc(-c3cccc(C(=O)O)c3)nc(C)n2)C1. The van der Waals surface area contributed by atoms with Gasteiger partial charge in [-0.05, 0) is 44.5 Å². The smallest absolute Gasteiger partial charge is 0.335 e. The van der Waals surface area contributed by atoms with Crippen LogP contribution in [0.15, 0.2) is 30.3 Å². The molecule has 2 heterocycles. The van der Waals surface area contributed by atoms with E-state index in [4.69, 9.17) is 4.74 Å². The highest BCUT2D eigenvalue weighted by atomic mass is 16.5. The first-order chi connectivity index (χ1) is 12.6. The topological polar surface area (TPSA) is 75.5 Å². The van der Waals surface area contributed by atoms with Crippen molar-refractivity contribution in [2.45, 2.75) is 25.7 Å². The molecule has 138 valence electrons. The van der Waals surface area contributed by atoms with Gasteiger partial charge >= 0.3 is 5.97 Å². The van der Waals surface area contributed by atoms with Crippen molar-refractivity contribution in [3.63, 3.8) is 0 Å². The summed E-state index contributed by atoms with van der Waals surface area (Å²) in [5.41, 5.74) is 2.90. The fraction of sp³-hybridized carbons (Fsp3) is 0.450. The highest BCUT2D eigenvalue weighted by molar-refractivity contribution is 5.89. The zero-order valence-corrected chi connectivity index (χ0v) is 15.3. The van der Waals surface area contributed by atoms with Crippen molar-refractivity contribution in [1.29, 1.82) is 0 Å². The van der Waals surface area contributed by atoms with Gasteiger partial charge in [-0.15, -0.1) is 0 Å². The summed E-state index contributed by atoms with van der Waals surface area (Å²) < 4.78 is 5.20. The average Bonchev–Trinajstić information content (AvgIpc) is 2.66. The molecular formula is C20H25N3O3. The lowest BCUT2D eigenvalue weighted by Gasteiger charge is -2.32. The molecule has 0 unspecified atom stereocenters. The molecule has 0 radical (unpaired) electrons. The summed E-state index contributed by atoms with van der Waals surface area (Å²) >= 11 is 0. The minimum absolute atomic E-state index is 0.267. The van der Waals surface area contributed by atoms with Crippen LogP contribution >= 0.6 is 0 Å². The van der Waals surface area contributed by atoms with E-state index in [-0.39, 0.29) is 5.56 Å². The molecule has 1 aromatic heterocycles. The zero-order chi connectivity index (χ0) is 18.5. The van der Waals surface area contributed by atoms with E-state index in [1.54, 1.807) is 25.3 Å². The quantitative estimate of drug-likeness (QED) is 0.858. The van der Waals surface area contributed by atoms with E-state index >= 15 is 0 Å². The zero-order valence-electron chi connectivity index (χ0n) is 15.3. The number of methoxy groups -OCH3 is 1. The van der Waals surface area contributed by atoms with Gasteiger partial charge in [0, 0.05) is 37.4 Å². The van der Waals surface area contributed by atoms with Crippen LogP contribution in [0.4, 0.5) is 0 Å². The molecule has 0 amide bonds. The van der Waals surface area contributed by atoms with Gasteiger partial charge in [0.2, 0.25) is 0 Å². The predicted molar refractivity (Wildman–Crippen MR) is 99.5 cm³/mol. The number of likely N-dealkylation sites (tertiary alicyclic amines) is 1. The predicted octanol–water partition coefficient (Wildman–Crippen LogP) is 2.98. The summed E-state index contributed by atoms with van der Waals surface area (Å²) in [6, 6.07) is 8.92. The molecule has 0 spiro atoms. The Morgan fingerprint density at radius 1 is 1.35 bits per heavy atom. The normalized spacial score (nSPS) is 18.0. The summed E-state index contributed by atoms with van der Waals surface area (Å²) in [7, 11) is 1.73. The molecule has 3 rings (SSSR count). The van der Waals surface area contributed by atoms with Crippen LogP contribution in [0.1, 0.15) is 40.6 Å². The standard InChI is InChI=1S/C20H25N3O3/c1-14-21-18(15-5-3-6-16(11-15)20(24)25)12-19(22-14)17-7-4-8-23(13-17)9-10-26-2/h3,5-6,11-12,17H,4,7-10,13H2,1-2H3,(H,24,25)/t17-/m1/s1. The van der Waals surface area contributed by atoms with E-state index in [9.17, 15) is 9.90 Å². The summed E-state index contributed by atoms with van der Waals surface area (Å²) in [5.74, 6) is 0.148. The molecule has 1 atom stereocenters. The number of carboxylic acids is 1. The van der Waals surface area contributed by atoms with Crippen molar-refractivity contribution >= 4 is 5.97 Å². The van der Waals surface area contributed by atoms with E-state index in [0.29, 0.717) is 11.7 Å². The molecule has 2 aromatic rings. The largest absolute Gasteiger partial charge is 0.478 e. The number of nitrogens with zero attached hydrogens (tertiary/aromatic N) is 3. The number of carbonyl (C=O) groups is 1. The Labute approximate surface area is 153 Å². The van der Waals surface area contributed by atoms with Gasteiger partial charge in [-0.1, -0.05) is 12.1 Å². The second kappa shape index (κ2) is 8.38. The highest BCUT2D eigenvalue weighted by Crippen LogP contribution is 2.28. The van der Waals surface area contributed by atoms with Crippen molar-refractivity contribution in [3.8, 4) is 11.3 Å². The average molecular weight is 355 g/mol. The van der Waals surface area contributed by atoms with E-state index in [1.165, 1.54) is 0 Å². The van der Waals surface area contributed by atoms with Gasteiger partial charge in [0.15, 0.2) is 0 Å². The molecule has 26 heavy (non-hydrogen) atoms. The first-order valence-electron chi connectivity index (χ1n) is 8.97. The molecule has 1 fully saturated rings. The number of rotatable bonds is 6. The number of aromatic carboxylic acids is 1. The minimum atomic E-state index is -0.932. The number of carboxylic acid groups (broad SMARTS) is 1. The third kappa shape index (κ3) is 4.45.